The Kier molecular flexibility index (Phi) is 3.79. The number of hydrogen-bond acceptors (Lipinski definition) is 8. The standard InChI is InChI=1S/C15H14N8/c16-5-9-3-11(22-13-1-2-21-15(18)23-13)4-12(14(9)17)10-6-19-8-20-7-10/h1-8,16H,17H2,(H3,18,21,22,23). The summed E-state index contributed by atoms with van der Waals surface area (Å²) in [4.78, 5) is 15.9. The summed E-state index contributed by atoms with van der Waals surface area (Å²) in [6.45, 7) is 0. The van der Waals surface area contributed by atoms with Gasteiger partial charge in [-0.15, -0.1) is 0 Å². The van der Waals surface area contributed by atoms with E-state index in [-0.39, 0.29) is 5.95 Å². The van der Waals surface area contributed by atoms with Crippen molar-refractivity contribution in [2.24, 2.45) is 0 Å². The number of benzene rings is 1. The average Bonchev–Trinajstić information content (AvgIpc) is 2.57. The number of nitrogen functional groups attached to an aromatic ring is 2. The Bertz CT molecular complexity index is 847. The fourth-order valence-corrected chi connectivity index (χ4v) is 2.14. The lowest BCUT2D eigenvalue weighted by Gasteiger charge is -2.13. The van der Waals surface area contributed by atoms with E-state index in [1.807, 2.05) is 6.07 Å². The Morgan fingerprint density at radius 2 is 1.91 bits per heavy atom. The van der Waals surface area contributed by atoms with Gasteiger partial charge in [-0.1, -0.05) is 0 Å². The minimum Gasteiger partial charge on any atom is -0.398 e. The Hall–Kier alpha value is -3.55. The monoisotopic (exact) mass is 306 g/mol. The minimum absolute atomic E-state index is 0.175. The minimum atomic E-state index is 0.175. The summed E-state index contributed by atoms with van der Waals surface area (Å²) in [5.74, 6) is 0.725. The molecule has 0 saturated heterocycles. The van der Waals surface area contributed by atoms with E-state index in [4.69, 9.17) is 16.9 Å². The number of anilines is 4. The van der Waals surface area contributed by atoms with Crippen LogP contribution in [0.3, 0.4) is 0 Å². The highest BCUT2D eigenvalue weighted by molar-refractivity contribution is 5.94. The van der Waals surface area contributed by atoms with Crippen LogP contribution in [0.5, 0.6) is 0 Å². The molecule has 0 fully saturated rings. The molecule has 0 atom stereocenters. The van der Waals surface area contributed by atoms with E-state index < -0.39 is 0 Å². The van der Waals surface area contributed by atoms with E-state index in [0.29, 0.717) is 17.1 Å². The van der Waals surface area contributed by atoms with Crippen molar-refractivity contribution >= 4 is 29.4 Å². The second-order valence-electron chi connectivity index (χ2n) is 4.72. The average molecular weight is 306 g/mol. The molecule has 0 aliphatic heterocycles. The van der Waals surface area contributed by atoms with Crippen LogP contribution in [0.25, 0.3) is 11.1 Å². The van der Waals surface area contributed by atoms with Crippen molar-refractivity contribution in [3.8, 4) is 11.1 Å². The number of nitrogens with zero attached hydrogens (tertiary/aromatic N) is 4. The van der Waals surface area contributed by atoms with Gasteiger partial charge in [0.15, 0.2) is 0 Å². The zero-order valence-electron chi connectivity index (χ0n) is 12.1. The van der Waals surface area contributed by atoms with Crippen LogP contribution in [0.2, 0.25) is 0 Å². The molecule has 23 heavy (non-hydrogen) atoms. The number of nitrogens with one attached hydrogen (secondary N) is 2. The van der Waals surface area contributed by atoms with E-state index in [9.17, 15) is 0 Å². The van der Waals surface area contributed by atoms with Gasteiger partial charge in [-0.05, 0) is 18.2 Å². The Morgan fingerprint density at radius 3 is 2.61 bits per heavy atom. The van der Waals surface area contributed by atoms with Gasteiger partial charge in [-0.25, -0.2) is 15.0 Å². The molecule has 3 rings (SSSR count). The predicted octanol–water partition coefficient (Wildman–Crippen LogP) is 1.84. The highest BCUT2D eigenvalue weighted by Crippen LogP contribution is 2.31. The third-order valence-electron chi connectivity index (χ3n) is 3.19. The second kappa shape index (κ2) is 6.06. The molecule has 0 radical (unpaired) electrons. The molecule has 2 aromatic heterocycles. The van der Waals surface area contributed by atoms with E-state index in [1.54, 1.807) is 30.7 Å². The summed E-state index contributed by atoms with van der Waals surface area (Å²) < 4.78 is 0. The molecule has 0 aliphatic carbocycles. The lowest BCUT2D eigenvalue weighted by atomic mass is 10.0. The molecule has 3 aromatic rings. The van der Waals surface area contributed by atoms with Crippen LogP contribution >= 0.6 is 0 Å². The molecule has 0 saturated carbocycles. The largest absolute Gasteiger partial charge is 0.398 e. The van der Waals surface area contributed by atoms with Gasteiger partial charge < -0.3 is 22.2 Å². The molecule has 0 amide bonds. The van der Waals surface area contributed by atoms with Crippen LogP contribution in [0.15, 0.2) is 43.1 Å². The van der Waals surface area contributed by atoms with Crippen molar-refractivity contribution in [3.63, 3.8) is 0 Å². The van der Waals surface area contributed by atoms with Gasteiger partial charge in [-0.3, -0.25) is 0 Å². The fourth-order valence-electron chi connectivity index (χ4n) is 2.14. The second-order valence-corrected chi connectivity index (χ2v) is 4.72. The molecule has 114 valence electrons. The van der Waals surface area contributed by atoms with Gasteiger partial charge >= 0.3 is 0 Å². The molecular formula is C15H14N8. The van der Waals surface area contributed by atoms with Crippen molar-refractivity contribution in [1.29, 1.82) is 5.41 Å². The maximum atomic E-state index is 7.54. The van der Waals surface area contributed by atoms with Gasteiger partial charge in [0.25, 0.3) is 0 Å². The third kappa shape index (κ3) is 3.05. The lowest BCUT2D eigenvalue weighted by Crippen LogP contribution is -2.02. The molecule has 0 aliphatic rings. The quantitative estimate of drug-likeness (QED) is 0.426. The Morgan fingerprint density at radius 1 is 1.13 bits per heavy atom. The summed E-state index contributed by atoms with van der Waals surface area (Å²) in [6.07, 6.45) is 7.54. The lowest BCUT2D eigenvalue weighted by molar-refractivity contribution is 1.17. The zero-order chi connectivity index (χ0) is 16.2. The first-order chi connectivity index (χ1) is 11.2. The summed E-state index contributed by atoms with van der Waals surface area (Å²) in [5, 5.41) is 10.7. The van der Waals surface area contributed by atoms with Crippen molar-refractivity contribution in [3.05, 3.63) is 48.7 Å². The van der Waals surface area contributed by atoms with Crippen LogP contribution in [0.1, 0.15) is 5.56 Å². The van der Waals surface area contributed by atoms with Gasteiger partial charge in [0, 0.05) is 52.9 Å². The SMILES string of the molecule is N=Cc1cc(Nc2ccnc(N)n2)cc(-c2cncnc2)c1N. The number of aromatic nitrogens is 4. The number of nitrogens with two attached hydrogens (primary N) is 2. The highest BCUT2D eigenvalue weighted by atomic mass is 15.1. The van der Waals surface area contributed by atoms with Crippen LogP contribution in [-0.4, -0.2) is 26.2 Å². The van der Waals surface area contributed by atoms with Gasteiger partial charge in [-0.2, -0.15) is 4.98 Å². The van der Waals surface area contributed by atoms with Crippen LogP contribution in [-0.2, 0) is 0 Å². The molecule has 8 heteroatoms. The molecule has 6 N–H and O–H groups in total. The van der Waals surface area contributed by atoms with E-state index in [1.165, 1.54) is 12.5 Å². The zero-order valence-corrected chi connectivity index (χ0v) is 12.1. The van der Waals surface area contributed by atoms with Gasteiger partial charge in [0.05, 0.1) is 0 Å². The van der Waals surface area contributed by atoms with Crippen molar-refractivity contribution in [2.75, 3.05) is 16.8 Å². The molecule has 2 heterocycles. The van der Waals surface area contributed by atoms with E-state index in [0.717, 1.165) is 16.8 Å². The summed E-state index contributed by atoms with van der Waals surface area (Å²) in [5.41, 5.74) is 15.0. The fraction of sp³-hybridized carbons (Fsp3) is 0. The smallest absolute Gasteiger partial charge is 0.221 e. The first-order valence-electron chi connectivity index (χ1n) is 6.72. The van der Waals surface area contributed by atoms with Crippen LogP contribution in [0.4, 0.5) is 23.1 Å². The topological polar surface area (TPSA) is 139 Å². The molecule has 0 unspecified atom stereocenters. The summed E-state index contributed by atoms with van der Waals surface area (Å²) in [7, 11) is 0. The maximum absolute atomic E-state index is 7.54. The molecule has 0 spiro atoms. The normalized spacial score (nSPS) is 10.3. The van der Waals surface area contributed by atoms with Crippen molar-refractivity contribution in [1.82, 2.24) is 19.9 Å². The highest BCUT2D eigenvalue weighted by Gasteiger charge is 2.10. The predicted molar refractivity (Wildman–Crippen MR) is 89.5 cm³/mol. The molecule has 1 aromatic carbocycles. The molecular weight excluding hydrogens is 292 g/mol. The van der Waals surface area contributed by atoms with Crippen LogP contribution < -0.4 is 16.8 Å². The van der Waals surface area contributed by atoms with Crippen molar-refractivity contribution in [2.45, 2.75) is 0 Å². The summed E-state index contributed by atoms with van der Waals surface area (Å²) >= 11 is 0. The van der Waals surface area contributed by atoms with E-state index >= 15 is 0 Å². The van der Waals surface area contributed by atoms with Gasteiger partial charge in [0.1, 0.15) is 12.1 Å². The molecule has 8 nitrogen and oxygen atoms in total. The first-order valence-corrected chi connectivity index (χ1v) is 6.72. The van der Waals surface area contributed by atoms with Crippen LogP contribution in [0, 0.1) is 5.41 Å². The Balaban J connectivity index is 2.06. The molecule has 0 bridgehead atoms. The number of hydrogen-bond donors (Lipinski definition) is 4. The van der Waals surface area contributed by atoms with Gasteiger partial charge in [0.2, 0.25) is 5.95 Å². The van der Waals surface area contributed by atoms with Crippen molar-refractivity contribution < 1.29 is 0 Å². The number of rotatable bonds is 4. The van der Waals surface area contributed by atoms with E-state index in [2.05, 4.69) is 25.3 Å². The Labute approximate surface area is 132 Å². The first kappa shape index (κ1) is 14.4. The maximum Gasteiger partial charge on any atom is 0.221 e. The summed E-state index contributed by atoms with van der Waals surface area (Å²) in [6, 6.07) is 5.30. The third-order valence-corrected chi connectivity index (χ3v) is 3.19.